The normalized spacial score (nSPS) is 12.3. The van der Waals surface area contributed by atoms with E-state index >= 15 is 0 Å². The molecule has 23 heavy (non-hydrogen) atoms. The third-order valence-electron chi connectivity index (χ3n) is 4.03. The van der Waals surface area contributed by atoms with E-state index in [1.54, 1.807) is 11.5 Å². The number of aromatic nitrogens is 1. The highest BCUT2D eigenvalue weighted by Gasteiger charge is 2.17. The number of rotatable bonds is 5. The van der Waals surface area contributed by atoms with Crippen LogP contribution < -0.4 is 4.74 Å². The molecule has 0 aliphatic carbocycles. The van der Waals surface area contributed by atoms with Gasteiger partial charge in [-0.2, -0.15) is 0 Å². The maximum absolute atomic E-state index is 11.2. The lowest BCUT2D eigenvalue weighted by molar-refractivity contribution is -0.140. The number of aliphatic carboxylic acids is 1. The minimum absolute atomic E-state index is 0.512. The molecule has 0 amide bonds. The van der Waals surface area contributed by atoms with Crippen molar-refractivity contribution in [3.63, 3.8) is 0 Å². The number of nitrogens with zero attached hydrogens (tertiary/aromatic N) is 1. The van der Waals surface area contributed by atoms with E-state index < -0.39 is 12.0 Å². The van der Waals surface area contributed by atoms with E-state index in [0.717, 1.165) is 27.8 Å². The summed E-state index contributed by atoms with van der Waals surface area (Å²) in [6, 6.07) is 15.2. The van der Waals surface area contributed by atoms with Crippen LogP contribution in [0.1, 0.15) is 24.1 Å². The monoisotopic (exact) mass is 309 g/mol. The van der Waals surface area contributed by atoms with Crippen LogP contribution in [-0.4, -0.2) is 15.6 Å². The van der Waals surface area contributed by atoms with Crippen molar-refractivity contribution in [2.75, 3.05) is 0 Å². The van der Waals surface area contributed by atoms with Gasteiger partial charge in [-0.15, -0.1) is 0 Å². The summed E-state index contributed by atoms with van der Waals surface area (Å²) in [5, 5.41) is 10.2. The number of hydrogen-bond acceptors (Lipinski definition) is 2. The molecule has 0 spiro atoms. The van der Waals surface area contributed by atoms with E-state index in [1.165, 1.54) is 0 Å². The molecular formula is C19H19NO3. The van der Waals surface area contributed by atoms with Gasteiger partial charge in [-0.3, -0.25) is 0 Å². The first kappa shape index (κ1) is 15.2. The Bertz CT molecular complexity index is 836. The molecule has 0 aliphatic heterocycles. The molecule has 1 aromatic heterocycles. The van der Waals surface area contributed by atoms with Crippen molar-refractivity contribution in [2.45, 2.75) is 26.5 Å². The Labute approximate surface area is 134 Å². The number of carboxylic acids is 1. The molecule has 1 N–H and O–H groups in total. The third-order valence-corrected chi connectivity index (χ3v) is 4.03. The fourth-order valence-corrected chi connectivity index (χ4v) is 2.67. The van der Waals surface area contributed by atoms with E-state index in [4.69, 9.17) is 4.74 Å². The number of carbonyl (C=O) groups is 1. The number of fused-ring (bicyclic) bond motifs is 1. The molecule has 2 aromatic carbocycles. The van der Waals surface area contributed by atoms with Crippen LogP contribution in [0.25, 0.3) is 10.9 Å². The molecule has 3 aromatic rings. The van der Waals surface area contributed by atoms with Gasteiger partial charge in [0.1, 0.15) is 18.4 Å². The molecule has 118 valence electrons. The van der Waals surface area contributed by atoms with Crippen LogP contribution in [0.2, 0.25) is 0 Å². The summed E-state index contributed by atoms with van der Waals surface area (Å²) in [5.41, 5.74) is 3.06. The van der Waals surface area contributed by atoms with Crippen LogP contribution in [0, 0.1) is 6.92 Å². The second kappa shape index (κ2) is 6.16. The van der Waals surface area contributed by atoms with Crippen molar-refractivity contribution in [2.24, 2.45) is 0 Å². The largest absolute Gasteiger partial charge is 0.489 e. The van der Waals surface area contributed by atoms with Crippen LogP contribution in [0.15, 0.2) is 54.7 Å². The van der Waals surface area contributed by atoms with Crippen LogP contribution in [0.5, 0.6) is 5.75 Å². The predicted molar refractivity (Wildman–Crippen MR) is 89.8 cm³/mol. The molecule has 0 bridgehead atoms. The Morgan fingerprint density at radius 3 is 2.65 bits per heavy atom. The SMILES string of the molecule is Cc1cn(C(C)C(=O)O)c2ccc(OCc3ccccc3)cc12. The zero-order valence-corrected chi connectivity index (χ0v) is 13.2. The topological polar surface area (TPSA) is 51.5 Å². The fraction of sp³-hybridized carbons (Fsp3) is 0.211. The molecule has 4 nitrogen and oxygen atoms in total. The summed E-state index contributed by atoms with van der Waals surface area (Å²) in [6.07, 6.45) is 1.88. The first-order chi connectivity index (χ1) is 11.1. The van der Waals surface area contributed by atoms with E-state index in [-0.39, 0.29) is 0 Å². The van der Waals surface area contributed by atoms with Gasteiger partial charge >= 0.3 is 5.97 Å². The third kappa shape index (κ3) is 3.06. The van der Waals surface area contributed by atoms with Crippen molar-refractivity contribution in [3.05, 3.63) is 65.9 Å². The highest BCUT2D eigenvalue weighted by atomic mass is 16.5. The molecule has 0 saturated heterocycles. The highest BCUT2D eigenvalue weighted by Crippen LogP contribution is 2.28. The summed E-state index contributed by atoms with van der Waals surface area (Å²) in [7, 11) is 0. The molecule has 0 saturated carbocycles. The van der Waals surface area contributed by atoms with Crippen LogP contribution in [0.3, 0.4) is 0 Å². The van der Waals surface area contributed by atoms with E-state index in [1.807, 2.05) is 61.7 Å². The molecule has 1 heterocycles. The van der Waals surface area contributed by atoms with E-state index in [9.17, 15) is 9.90 Å². The van der Waals surface area contributed by atoms with Gasteiger partial charge in [-0.1, -0.05) is 30.3 Å². The average Bonchev–Trinajstić information content (AvgIpc) is 2.89. The standard InChI is InChI=1S/C19H19NO3/c1-13-11-20(14(2)19(21)22)18-9-8-16(10-17(13)18)23-12-15-6-4-3-5-7-15/h3-11,14H,12H2,1-2H3,(H,21,22). The maximum Gasteiger partial charge on any atom is 0.326 e. The number of carboxylic acid groups (broad SMARTS) is 1. The van der Waals surface area contributed by atoms with Gasteiger partial charge < -0.3 is 14.4 Å². The Kier molecular flexibility index (Phi) is 4.06. The zero-order chi connectivity index (χ0) is 16.4. The fourth-order valence-electron chi connectivity index (χ4n) is 2.67. The molecule has 4 heteroatoms. The first-order valence-electron chi connectivity index (χ1n) is 7.57. The smallest absolute Gasteiger partial charge is 0.326 e. The lowest BCUT2D eigenvalue weighted by Gasteiger charge is -2.11. The molecule has 0 radical (unpaired) electrons. The first-order valence-corrected chi connectivity index (χ1v) is 7.57. The molecule has 0 fully saturated rings. The van der Waals surface area contributed by atoms with Crippen molar-refractivity contribution in [3.8, 4) is 5.75 Å². The Hall–Kier alpha value is -2.75. The number of hydrogen-bond donors (Lipinski definition) is 1. The summed E-state index contributed by atoms with van der Waals surface area (Å²) in [4.78, 5) is 11.2. The summed E-state index contributed by atoms with van der Waals surface area (Å²) < 4.78 is 7.63. The van der Waals surface area contributed by atoms with E-state index in [0.29, 0.717) is 6.61 Å². The predicted octanol–water partition coefficient (Wildman–Crippen LogP) is 4.17. The summed E-state index contributed by atoms with van der Waals surface area (Å²) in [6.45, 7) is 4.17. The molecular weight excluding hydrogens is 290 g/mol. The van der Waals surface area contributed by atoms with Gasteiger partial charge in [-0.05, 0) is 43.2 Å². The molecule has 1 atom stereocenters. The zero-order valence-electron chi connectivity index (χ0n) is 13.2. The lowest BCUT2D eigenvalue weighted by atomic mass is 10.2. The number of ether oxygens (including phenoxy) is 1. The summed E-state index contributed by atoms with van der Waals surface area (Å²) >= 11 is 0. The number of benzene rings is 2. The van der Waals surface area contributed by atoms with Gasteiger partial charge in [-0.25, -0.2) is 4.79 Å². The quantitative estimate of drug-likeness (QED) is 0.769. The van der Waals surface area contributed by atoms with Gasteiger partial charge in [0.25, 0.3) is 0 Å². The van der Waals surface area contributed by atoms with Crippen molar-refractivity contribution in [1.82, 2.24) is 4.57 Å². The van der Waals surface area contributed by atoms with Crippen LogP contribution in [-0.2, 0) is 11.4 Å². The van der Waals surface area contributed by atoms with Crippen molar-refractivity contribution < 1.29 is 14.6 Å². The Morgan fingerprint density at radius 1 is 1.22 bits per heavy atom. The Morgan fingerprint density at radius 2 is 1.96 bits per heavy atom. The van der Waals surface area contributed by atoms with Gasteiger partial charge in [0.05, 0.1) is 0 Å². The molecule has 1 unspecified atom stereocenters. The molecule has 3 rings (SSSR count). The van der Waals surface area contributed by atoms with Gasteiger partial charge in [0.2, 0.25) is 0 Å². The van der Waals surface area contributed by atoms with E-state index in [2.05, 4.69) is 0 Å². The lowest BCUT2D eigenvalue weighted by Crippen LogP contribution is -2.14. The minimum atomic E-state index is -0.841. The second-order valence-electron chi connectivity index (χ2n) is 5.69. The van der Waals surface area contributed by atoms with Gasteiger partial charge in [0, 0.05) is 17.1 Å². The van der Waals surface area contributed by atoms with Gasteiger partial charge in [0.15, 0.2) is 0 Å². The van der Waals surface area contributed by atoms with Crippen molar-refractivity contribution in [1.29, 1.82) is 0 Å². The minimum Gasteiger partial charge on any atom is -0.489 e. The number of aryl methyl sites for hydroxylation is 1. The maximum atomic E-state index is 11.2. The van der Waals surface area contributed by atoms with Crippen LogP contribution >= 0.6 is 0 Å². The molecule has 0 aliphatic rings. The van der Waals surface area contributed by atoms with Crippen molar-refractivity contribution >= 4 is 16.9 Å². The highest BCUT2D eigenvalue weighted by molar-refractivity contribution is 5.87. The average molecular weight is 309 g/mol. The van der Waals surface area contributed by atoms with Crippen LogP contribution in [0.4, 0.5) is 0 Å². The Balaban J connectivity index is 1.87. The summed E-state index contributed by atoms with van der Waals surface area (Å²) in [5.74, 6) is -0.0588. The second-order valence-corrected chi connectivity index (χ2v) is 5.69.